The van der Waals surface area contributed by atoms with Crippen LogP contribution in [0.1, 0.15) is 194 Å². The minimum Gasteiger partial charge on any atom is -0.481 e. The SMILES string of the molecule is CCC[C@@H]1NC(=O)[C@H](CC2CNC3NCCCC23)NC(=O)[C@H]([C@@H](C)O)NC(=O)[C@H](CC2CNCN2)NC(=O)[C@H](CC2CCC(O)CC2)NC(=O)[C@H](C(C)(C)C)NC(=O)CCSCc2cccc(c2)CSC[C@@H](C(N)=O)NC(=O)[C@H]([C@@H](C)O)NC(=O)[C@H](CCC)NC(=O)[C@H](CC2CCC(O)CC2)NC(=O)[C@H](CCC(=O)O)NC1=O. The van der Waals surface area contributed by atoms with Crippen molar-refractivity contribution >= 4 is 100 Å². The molecule has 2 aliphatic carbocycles. The number of hydrogen-bond acceptors (Lipinski definition) is 23. The second-order valence-electron chi connectivity index (χ2n) is 32.6. The van der Waals surface area contributed by atoms with Crippen LogP contribution in [-0.2, 0) is 73.8 Å². The van der Waals surface area contributed by atoms with Crippen molar-refractivity contribution in [1.29, 1.82) is 0 Å². The van der Waals surface area contributed by atoms with Gasteiger partial charge in [0.25, 0.3) is 0 Å². The normalized spacial score (nSPS) is 32.5. The van der Waals surface area contributed by atoms with Gasteiger partial charge >= 0.3 is 5.97 Å². The molecule has 17 atom stereocenters. The van der Waals surface area contributed by atoms with Crippen LogP contribution in [0.5, 0.6) is 0 Å². The standard InChI is InChI=1S/C77H126N16O18S2/c1-8-12-52-67(102)85-54(25-26-61(99)100)68(103)86-55(31-43-17-21-49(96)22-18-43)70(105)84-53(13-9-2)69(104)92-63(42(4)95)75(110)90-59(65(78)101)39-113-38-46-15-10-14-45(30-46)37-112-29-27-60(98)91-64(77(5,6)7)76(111)89-56(32-44-19-23-50(97)24-20-44)71(106)87-58(34-48-36-79-40-82-48)73(108)93-62(41(3)94)74(109)88-57(72(107)83-52)33-47-35-81-66-51(47)16-11-28-80-66/h10,14-15,30,41-44,47-59,62-64,66,79-82,94-97H,8-9,11-13,16-29,31-40H2,1-7H3,(H2,78,101)(H,83,107)(H,84,105)(H,85,102)(H,86,103)(H,87,106)(H,88,109)(H,89,111)(H,90,110)(H,91,98)(H,92,104)(H,93,108)(H,99,100)/t41-,42-,43?,44?,47?,48?,49?,50?,51?,52+,53+,54+,55+,56+,57+,58+,59+,62+,63+,64-,66?/m1/s1. The number of carbonyl (C=O) groups excluding carboxylic acids is 12. The number of carboxylic acid groups (broad SMARTS) is 1. The molecule has 1 aromatic rings. The second kappa shape index (κ2) is 45.9. The fourth-order valence-electron chi connectivity index (χ4n) is 15.6. The van der Waals surface area contributed by atoms with Crippen LogP contribution in [0.4, 0.5) is 0 Å². The van der Waals surface area contributed by atoms with Gasteiger partial charge in [-0.15, -0.1) is 0 Å². The molecule has 2 bridgehead atoms. The van der Waals surface area contributed by atoms with Crippen LogP contribution in [0.25, 0.3) is 0 Å². The summed E-state index contributed by atoms with van der Waals surface area (Å²) in [6.45, 7) is 13.1. The molecule has 6 aliphatic rings. The number of carboxylic acids is 1. The third-order valence-electron chi connectivity index (χ3n) is 22.2. The van der Waals surface area contributed by atoms with Crippen LogP contribution >= 0.6 is 23.5 Å². The third kappa shape index (κ3) is 30.1. The maximum atomic E-state index is 15.2. The van der Waals surface area contributed by atoms with E-state index in [1.165, 1.54) is 37.4 Å². The van der Waals surface area contributed by atoms with Crippen LogP contribution < -0.4 is 85.5 Å². The molecule has 1 aromatic carbocycles. The number of hydrogen-bond donors (Lipinski definition) is 21. The molecule has 12 amide bonds. The van der Waals surface area contributed by atoms with Crippen LogP contribution in [0.3, 0.4) is 0 Å². The van der Waals surface area contributed by atoms with E-state index in [2.05, 4.69) is 79.8 Å². The highest BCUT2D eigenvalue weighted by Crippen LogP contribution is 2.34. The highest BCUT2D eigenvalue weighted by atomic mass is 32.2. The molecule has 22 N–H and O–H groups in total. The Kier molecular flexibility index (Phi) is 37.7. The highest BCUT2D eigenvalue weighted by molar-refractivity contribution is 7.98. The summed E-state index contributed by atoms with van der Waals surface area (Å²) in [7, 11) is 0. The number of nitrogens with one attached hydrogen (secondary N) is 15. The Hall–Kier alpha value is -7.29. The number of aliphatic hydroxyl groups excluding tert-OH is 4. The first-order valence-corrected chi connectivity index (χ1v) is 42.7. The van der Waals surface area contributed by atoms with Gasteiger partial charge in [-0.3, -0.25) is 62.3 Å². The molecule has 4 aliphatic heterocycles. The summed E-state index contributed by atoms with van der Waals surface area (Å²) in [6, 6.07) is -8.90. The number of amides is 12. The lowest BCUT2D eigenvalue weighted by atomic mass is 9.82. The average molecular weight is 1630 g/mol. The van der Waals surface area contributed by atoms with Gasteiger partial charge in [-0.05, 0) is 176 Å². The van der Waals surface area contributed by atoms with Gasteiger partial charge in [0, 0.05) is 55.1 Å². The minimum absolute atomic E-state index is 0.00734. The van der Waals surface area contributed by atoms with Crippen molar-refractivity contribution < 1.29 is 87.9 Å². The molecule has 113 heavy (non-hydrogen) atoms. The first-order chi connectivity index (χ1) is 53.7. The fraction of sp³-hybridized carbons (Fsp3) is 0.753. The summed E-state index contributed by atoms with van der Waals surface area (Å²) in [5.41, 5.74) is 6.68. The smallest absolute Gasteiger partial charge is 0.303 e. The molecule has 0 radical (unpaired) electrons. The predicted molar refractivity (Wildman–Crippen MR) is 424 cm³/mol. The Labute approximate surface area is 670 Å². The number of rotatable bonds is 18. The molecule has 2 saturated carbocycles. The summed E-state index contributed by atoms with van der Waals surface area (Å²) < 4.78 is 0. The van der Waals surface area contributed by atoms with Gasteiger partial charge in [0.1, 0.15) is 66.5 Å². The van der Waals surface area contributed by atoms with E-state index in [-0.39, 0.29) is 87.0 Å². The van der Waals surface area contributed by atoms with E-state index >= 15 is 14.4 Å². The first-order valence-electron chi connectivity index (χ1n) is 40.4. The first kappa shape index (κ1) is 92.9. The summed E-state index contributed by atoms with van der Waals surface area (Å²) in [5.74, 6) is -11.2. The Bertz CT molecular complexity index is 3370. The van der Waals surface area contributed by atoms with Crippen molar-refractivity contribution in [2.24, 2.45) is 34.8 Å². The van der Waals surface area contributed by atoms with E-state index in [0.717, 1.165) is 30.5 Å². The number of piperidine rings is 1. The van der Waals surface area contributed by atoms with Crippen molar-refractivity contribution in [3.63, 3.8) is 0 Å². The van der Waals surface area contributed by atoms with Gasteiger partial charge in [-0.2, -0.15) is 23.5 Å². The zero-order valence-corrected chi connectivity index (χ0v) is 68.0. The molecule has 634 valence electrons. The van der Waals surface area contributed by atoms with E-state index in [1.54, 1.807) is 34.6 Å². The summed E-state index contributed by atoms with van der Waals surface area (Å²) >= 11 is 2.74. The number of carbonyl (C=O) groups is 13. The van der Waals surface area contributed by atoms with Gasteiger partial charge < -0.3 is 111 Å². The molecule has 0 spiro atoms. The lowest BCUT2D eigenvalue weighted by Gasteiger charge is -2.34. The minimum atomic E-state index is -1.78. The fourth-order valence-corrected chi connectivity index (χ4v) is 17.6. The van der Waals surface area contributed by atoms with Crippen molar-refractivity contribution in [2.75, 3.05) is 37.8 Å². The topological polar surface area (TPSA) is 530 Å². The quantitative estimate of drug-likeness (QED) is 0.0785. The summed E-state index contributed by atoms with van der Waals surface area (Å²) in [4.78, 5) is 187. The summed E-state index contributed by atoms with van der Waals surface area (Å²) in [6.07, 6.45) is -0.107. The van der Waals surface area contributed by atoms with Gasteiger partial charge in [-0.25, -0.2) is 0 Å². The van der Waals surface area contributed by atoms with Crippen LogP contribution in [-0.4, -0.2) is 243 Å². The van der Waals surface area contributed by atoms with Crippen molar-refractivity contribution in [2.45, 2.75) is 298 Å². The number of aliphatic carboxylic acids is 1. The van der Waals surface area contributed by atoms with Gasteiger partial charge in [0.15, 0.2) is 0 Å². The second-order valence-corrected chi connectivity index (χ2v) is 34.7. The molecule has 4 heterocycles. The maximum Gasteiger partial charge on any atom is 0.303 e. The lowest BCUT2D eigenvalue weighted by molar-refractivity contribution is -0.139. The highest BCUT2D eigenvalue weighted by Gasteiger charge is 2.44. The van der Waals surface area contributed by atoms with E-state index in [0.29, 0.717) is 94.8 Å². The number of fused-ring (bicyclic) bond motifs is 3. The Balaban J connectivity index is 1.23. The van der Waals surface area contributed by atoms with Gasteiger partial charge in [0.2, 0.25) is 70.9 Å². The number of thioether (sulfide) groups is 2. The molecule has 5 fully saturated rings. The Morgan fingerprint density at radius 2 is 0.991 bits per heavy atom. The van der Waals surface area contributed by atoms with Crippen LogP contribution in [0.15, 0.2) is 24.3 Å². The molecule has 7 rings (SSSR count). The zero-order valence-electron chi connectivity index (χ0n) is 66.4. The average Bonchev–Trinajstić information content (AvgIpc) is 1.75. The van der Waals surface area contributed by atoms with Crippen molar-refractivity contribution in [1.82, 2.24) is 79.8 Å². The van der Waals surface area contributed by atoms with Crippen LogP contribution in [0.2, 0.25) is 0 Å². The molecule has 3 saturated heterocycles. The largest absolute Gasteiger partial charge is 0.481 e. The maximum absolute atomic E-state index is 15.2. The molecule has 4 unspecified atom stereocenters. The van der Waals surface area contributed by atoms with Crippen LogP contribution in [0, 0.1) is 29.1 Å². The van der Waals surface area contributed by atoms with Crippen molar-refractivity contribution in [3.8, 4) is 0 Å². The van der Waals surface area contributed by atoms with Crippen molar-refractivity contribution in [3.05, 3.63) is 35.4 Å². The van der Waals surface area contributed by atoms with E-state index in [4.69, 9.17) is 5.73 Å². The summed E-state index contributed by atoms with van der Waals surface area (Å²) in [5, 5.41) is 96.7. The zero-order chi connectivity index (χ0) is 82.6. The molecular weight excluding hydrogens is 1500 g/mol. The monoisotopic (exact) mass is 1630 g/mol. The lowest BCUT2D eigenvalue weighted by Crippen LogP contribution is -2.63. The predicted octanol–water partition coefficient (Wildman–Crippen LogP) is -1.63. The number of benzene rings is 1. The Morgan fingerprint density at radius 1 is 0.531 bits per heavy atom. The number of primary amides is 1. The number of aliphatic hydroxyl groups is 4. The molecule has 34 nitrogen and oxygen atoms in total. The molecule has 36 heteroatoms. The molecule has 0 aromatic heterocycles. The van der Waals surface area contributed by atoms with Gasteiger partial charge in [-0.1, -0.05) is 71.7 Å². The third-order valence-corrected chi connectivity index (χ3v) is 24.3. The Morgan fingerprint density at radius 3 is 1.49 bits per heavy atom. The van der Waals surface area contributed by atoms with E-state index in [9.17, 15) is 73.5 Å². The van der Waals surface area contributed by atoms with Gasteiger partial charge in [0.05, 0.1) is 30.6 Å². The van der Waals surface area contributed by atoms with E-state index < -0.39 is 192 Å². The van der Waals surface area contributed by atoms with E-state index in [1.807, 2.05) is 24.3 Å². The number of nitrogens with two attached hydrogens (primary N) is 1. The molecular formula is C77H126N16O18S2.